The molecule has 0 spiro atoms. The molecule has 1 N–H and O–H groups in total. The van der Waals surface area contributed by atoms with Crippen LogP contribution in [-0.2, 0) is 6.54 Å². The first kappa shape index (κ1) is 17.9. The maximum Gasteiger partial charge on any atom is 0.170 e. The summed E-state index contributed by atoms with van der Waals surface area (Å²) in [6, 6.07) is 1.76. The fraction of sp³-hybridized carbons (Fsp3) is 0.706. The van der Waals surface area contributed by atoms with Crippen molar-refractivity contribution in [2.45, 2.75) is 60.0 Å². The Balaban J connectivity index is 2.92. The lowest BCUT2D eigenvalue weighted by atomic mass is 10.1. The second kappa shape index (κ2) is 7.74. The lowest BCUT2D eigenvalue weighted by Crippen LogP contribution is -2.35. The van der Waals surface area contributed by atoms with Crippen molar-refractivity contribution in [2.75, 3.05) is 18.0 Å². The van der Waals surface area contributed by atoms with Crippen LogP contribution < -0.4 is 10.2 Å². The number of anilines is 1. The molecule has 1 rings (SSSR count). The second-order valence-electron chi connectivity index (χ2n) is 6.76. The van der Waals surface area contributed by atoms with Gasteiger partial charge >= 0.3 is 0 Å². The summed E-state index contributed by atoms with van der Waals surface area (Å²) in [4.78, 5) is 6.30. The Kier molecular flexibility index (Phi) is 6.59. The molecule has 0 aliphatic carbocycles. The number of nitrogens with zero attached hydrogens (tertiary/aromatic N) is 2. The van der Waals surface area contributed by atoms with Crippen molar-refractivity contribution in [3.05, 3.63) is 23.6 Å². The van der Waals surface area contributed by atoms with Gasteiger partial charge < -0.3 is 10.2 Å². The van der Waals surface area contributed by atoms with Crippen molar-refractivity contribution in [1.82, 2.24) is 10.3 Å². The smallest absolute Gasteiger partial charge is 0.170 e. The first-order chi connectivity index (χ1) is 9.78. The fourth-order valence-corrected chi connectivity index (χ4v) is 2.06. The largest absolute Gasteiger partial charge is 0.354 e. The topological polar surface area (TPSA) is 28.2 Å². The molecule has 0 bridgehead atoms. The van der Waals surface area contributed by atoms with Gasteiger partial charge in [0.1, 0.15) is 0 Å². The summed E-state index contributed by atoms with van der Waals surface area (Å²) in [7, 11) is 0. The minimum Gasteiger partial charge on any atom is -0.354 e. The summed E-state index contributed by atoms with van der Waals surface area (Å²) in [6.45, 7) is 14.8. The van der Waals surface area contributed by atoms with E-state index in [0.717, 1.165) is 19.5 Å². The zero-order valence-corrected chi connectivity index (χ0v) is 14.3. The SMILES string of the molecule is CCC(C)CN(CC)c1nccc(CNC(C)(C)C)c1F. The van der Waals surface area contributed by atoms with Gasteiger partial charge in [0.05, 0.1) is 0 Å². The summed E-state index contributed by atoms with van der Waals surface area (Å²) < 4.78 is 14.7. The normalized spacial score (nSPS) is 13.3. The van der Waals surface area contributed by atoms with Crippen molar-refractivity contribution in [3.8, 4) is 0 Å². The molecule has 3 nitrogen and oxygen atoms in total. The molecule has 0 amide bonds. The Morgan fingerprint density at radius 3 is 2.52 bits per heavy atom. The number of halogens is 1. The van der Waals surface area contributed by atoms with Gasteiger partial charge in [-0.1, -0.05) is 20.3 Å². The molecule has 21 heavy (non-hydrogen) atoms. The number of pyridine rings is 1. The summed E-state index contributed by atoms with van der Waals surface area (Å²) in [6.07, 6.45) is 2.79. The summed E-state index contributed by atoms with van der Waals surface area (Å²) in [5.41, 5.74) is 0.648. The van der Waals surface area contributed by atoms with Crippen LogP contribution in [0.2, 0.25) is 0 Å². The highest BCUT2D eigenvalue weighted by atomic mass is 19.1. The third kappa shape index (κ3) is 5.62. The highest BCUT2D eigenvalue weighted by molar-refractivity contribution is 5.43. The van der Waals surface area contributed by atoms with Crippen molar-refractivity contribution in [2.24, 2.45) is 5.92 Å². The molecule has 0 aromatic carbocycles. The first-order valence-corrected chi connectivity index (χ1v) is 7.91. The van der Waals surface area contributed by atoms with Crippen molar-refractivity contribution in [1.29, 1.82) is 0 Å². The summed E-state index contributed by atoms with van der Waals surface area (Å²) in [5.74, 6) is 0.813. The number of aromatic nitrogens is 1. The molecular weight excluding hydrogens is 265 g/mol. The van der Waals surface area contributed by atoms with Crippen LogP contribution in [0.5, 0.6) is 0 Å². The molecular formula is C17H30FN3. The molecule has 4 heteroatoms. The Labute approximate surface area is 129 Å². The Morgan fingerprint density at radius 2 is 2.00 bits per heavy atom. The quantitative estimate of drug-likeness (QED) is 0.824. The zero-order valence-electron chi connectivity index (χ0n) is 14.3. The van der Waals surface area contributed by atoms with Crippen LogP contribution in [0.25, 0.3) is 0 Å². The van der Waals surface area contributed by atoms with E-state index >= 15 is 0 Å². The second-order valence-corrected chi connectivity index (χ2v) is 6.76. The monoisotopic (exact) mass is 295 g/mol. The fourth-order valence-electron chi connectivity index (χ4n) is 2.06. The molecule has 1 heterocycles. The number of rotatable bonds is 7. The highest BCUT2D eigenvalue weighted by Crippen LogP contribution is 2.21. The van der Waals surface area contributed by atoms with E-state index in [2.05, 4.69) is 44.9 Å². The van der Waals surface area contributed by atoms with Gasteiger partial charge in [-0.3, -0.25) is 0 Å². The number of hydrogen-bond acceptors (Lipinski definition) is 3. The van der Waals surface area contributed by atoms with Gasteiger partial charge in [-0.15, -0.1) is 0 Å². The van der Waals surface area contributed by atoms with Crippen LogP contribution in [-0.4, -0.2) is 23.6 Å². The summed E-state index contributed by atoms with van der Waals surface area (Å²) >= 11 is 0. The van der Waals surface area contributed by atoms with Gasteiger partial charge in [0, 0.05) is 36.9 Å². The van der Waals surface area contributed by atoms with Gasteiger partial charge in [-0.25, -0.2) is 9.37 Å². The van der Waals surface area contributed by atoms with Gasteiger partial charge in [0.25, 0.3) is 0 Å². The van der Waals surface area contributed by atoms with E-state index < -0.39 is 0 Å². The average molecular weight is 295 g/mol. The molecule has 0 radical (unpaired) electrons. The van der Waals surface area contributed by atoms with Crippen LogP contribution in [0.15, 0.2) is 12.3 Å². The van der Waals surface area contributed by atoms with Gasteiger partial charge in [-0.2, -0.15) is 0 Å². The highest BCUT2D eigenvalue weighted by Gasteiger charge is 2.18. The van der Waals surface area contributed by atoms with E-state index in [1.165, 1.54) is 0 Å². The van der Waals surface area contributed by atoms with Crippen molar-refractivity contribution >= 4 is 5.82 Å². The molecule has 0 aliphatic rings. The van der Waals surface area contributed by atoms with E-state index in [1.807, 2.05) is 11.8 Å². The molecule has 0 aliphatic heterocycles. The standard InChI is InChI=1S/C17H30FN3/c1-7-13(3)12-21(8-2)16-15(18)14(9-10-19-16)11-20-17(4,5)6/h9-10,13,20H,7-8,11-12H2,1-6H3. The Hall–Kier alpha value is -1.16. The molecule has 0 saturated heterocycles. The molecule has 0 saturated carbocycles. The number of nitrogens with one attached hydrogen (secondary N) is 1. The number of hydrogen-bond donors (Lipinski definition) is 1. The lowest BCUT2D eigenvalue weighted by Gasteiger charge is -2.26. The third-order valence-corrected chi connectivity index (χ3v) is 3.67. The predicted octanol–water partition coefficient (Wildman–Crippen LogP) is 3.98. The molecule has 0 fully saturated rings. The van der Waals surface area contributed by atoms with Crippen LogP contribution in [0, 0.1) is 11.7 Å². The van der Waals surface area contributed by atoms with Crippen LogP contribution in [0.1, 0.15) is 53.5 Å². The van der Waals surface area contributed by atoms with E-state index in [1.54, 1.807) is 12.3 Å². The minimum absolute atomic E-state index is 0.0307. The Bertz CT molecular complexity index is 440. The maximum atomic E-state index is 14.7. The van der Waals surface area contributed by atoms with Crippen LogP contribution >= 0.6 is 0 Å². The minimum atomic E-state index is -0.195. The predicted molar refractivity (Wildman–Crippen MR) is 88.1 cm³/mol. The molecule has 120 valence electrons. The van der Waals surface area contributed by atoms with Crippen molar-refractivity contribution in [3.63, 3.8) is 0 Å². The Morgan fingerprint density at radius 1 is 1.33 bits per heavy atom. The van der Waals surface area contributed by atoms with Gasteiger partial charge in [0.15, 0.2) is 11.6 Å². The van der Waals surface area contributed by atoms with Crippen molar-refractivity contribution < 1.29 is 4.39 Å². The van der Waals surface area contributed by atoms with E-state index in [0.29, 0.717) is 23.8 Å². The molecule has 1 unspecified atom stereocenters. The molecule has 1 aromatic heterocycles. The zero-order chi connectivity index (χ0) is 16.0. The average Bonchev–Trinajstić information content (AvgIpc) is 2.42. The van der Waals surface area contributed by atoms with Gasteiger partial charge in [0.2, 0.25) is 0 Å². The van der Waals surface area contributed by atoms with Gasteiger partial charge in [-0.05, 0) is 39.7 Å². The van der Waals surface area contributed by atoms with Crippen LogP contribution in [0.4, 0.5) is 10.2 Å². The maximum absolute atomic E-state index is 14.7. The first-order valence-electron chi connectivity index (χ1n) is 7.91. The lowest BCUT2D eigenvalue weighted by molar-refractivity contribution is 0.418. The summed E-state index contributed by atoms with van der Waals surface area (Å²) in [5, 5.41) is 3.33. The van der Waals surface area contributed by atoms with E-state index in [-0.39, 0.29) is 11.4 Å². The molecule has 1 atom stereocenters. The van der Waals surface area contributed by atoms with E-state index in [9.17, 15) is 4.39 Å². The molecule has 1 aromatic rings. The van der Waals surface area contributed by atoms with E-state index in [4.69, 9.17) is 0 Å². The third-order valence-electron chi connectivity index (χ3n) is 3.67. The van der Waals surface area contributed by atoms with Crippen LogP contribution in [0.3, 0.4) is 0 Å².